The highest BCUT2D eigenvalue weighted by Gasteiger charge is 2.15. The lowest BCUT2D eigenvalue weighted by Gasteiger charge is -2.22. The van der Waals surface area contributed by atoms with E-state index in [0.29, 0.717) is 13.2 Å². The number of hydrogen-bond donors (Lipinski definition) is 1. The molecule has 0 aliphatic rings. The molecular formula is C13H21NO2. The van der Waals surface area contributed by atoms with Gasteiger partial charge in [0.15, 0.2) is 11.5 Å². The van der Waals surface area contributed by atoms with Crippen LogP contribution in [0.25, 0.3) is 0 Å². The molecule has 1 aromatic rings. The summed E-state index contributed by atoms with van der Waals surface area (Å²) in [4.78, 5) is 0. The van der Waals surface area contributed by atoms with Crippen molar-refractivity contribution in [1.29, 1.82) is 0 Å². The van der Waals surface area contributed by atoms with E-state index in [0.717, 1.165) is 17.9 Å². The number of methoxy groups -OCH3 is 1. The van der Waals surface area contributed by atoms with Crippen LogP contribution in [0.4, 0.5) is 0 Å². The second-order valence-electron chi connectivity index (χ2n) is 4.62. The molecule has 0 heterocycles. The van der Waals surface area contributed by atoms with Crippen molar-refractivity contribution in [3.63, 3.8) is 0 Å². The van der Waals surface area contributed by atoms with Crippen molar-refractivity contribution in [3.05, 3.63) is 24.3 Å². The fraction of sp³-hybridized carbons (Fsp3) is 0.538. The summed E-state index contributed by atoms with van der Waals surface area (Å²) in [5.74, 6) is 1.56. The lowest BCUT2D eigenvalue weighted by atomic mass is 9.90. The average Bonchev–Trinajstić information content (AvgIpc) is 2.29. The van der Waals surface area contributed by atoms with Crippen LogP contribution in [0.5, 0.6) is 11.5 Å². The van der Waals surface area contributed by atoms with E-state index in [-0.39, 0.29) is 5.41 Å². The number of hydrogen-bond acceptors (Lipinski definition) is 3. The van der Waals surface area contributed by atoms with Crippen molar-refractivity contribution in [2.75, 3.05) is 20.3 Å². The highest BCUT2D eigenvalue weighted by atomic mass is 16.5. The maximum Gasteiger partial charge on any atom is 0.161 e. The fourth-order valence-electron chi connectivity index (χ4n) is 1.28. The minimum absolute atomic E-state index is 0.127. The Bertz CT molecular complexity index is 323. The molecule has 0 bridgehead atoms. The van der Waals surface area contributed by atoms with Crippen molar-refractivity contribution >= 4 is 0 Å². The minimum Gasteiger partial charge on any atom is -0.493 e. The molecular weight excluding hydrogens is 202 g/mol. The molecule has 0 atom stereocenters. The van der Waals surface area contributed by atoms with Crippen molar-refractivity contribution in [2.24, 2.45) is 11.1 Å². The van der Waals surface area contributed by atoms with Gasteiger partial charge in [0.1, 0.15) is 0 Å². The zero-order valence-electron chi connectivity index (χ0n) is 10.3. The topological polar surface area (TPSA) is 44.5 Å². The van der Waals surface area contributed by atoms with E-state index in [1.807, 2.05) is 24.3 Å². The highest BCUT2D eigenvalue weighted by Crippen LogP contribution is 2.27. The van der Waals surface area contributed by atoms with Crippen LogP contribution in [0.2, 0.25) is 0 Å². The third kappa shape index (κ3) is 3.74. The van der Waals surface area contributed by atoms with Crippen LogP contribution in [0, 0.1) is 5.41 Å². The first-order valence-electron chi connectivity index (χ1n) is 5.55. The summed E-state index contributed by atoms with van der Waals surface area (Å²) >= 11 is 0. The number of ether oxygens (including phenoxy) is 2. The Morgan fingerprint density at radius 1 is 1.19 bits per heavy atom. The molecule has 0 aliphatic heterocycles. The predicted molar refractivity (Wildman–Crippen MR) is 65.9 cm³/mol. The van der Waals surface area contributed by atoms with Gasteiger partial charge in [-0.3, -0.25) is 0 Å². The lowest BCUT2D eigenvalue weighted by Crippen LogP contribution is -2.25. The molecule has 2 N–H and O–H groups in total. The van der Waals surface area contributed by atoms with Crippen LogP contribution in [-0.2, 0) is 0 Å². The van der Waals surface area contributed by atoms with E-state index >= 15 is 0 Å². The quantitative estimate of drug-likeness (QED) is 0.805. The molecule has 3 heteroatoms. The van der Waals surface area contributed by atoms with E-state index in [2.05, 4.69) is 13.8 Å². The molecule has 0 amide bonds. The largest absolute Gasteiger partial charge is 0.493 e. The minimum atomic E-state index is 0.127. The van der Waals surface area contributed by atoms with Crippen LogP contribution >= 0.6 is 0 Å². The zero-order valence-corrected chi connectivity index (χ0v) is 10.3. The van der Waals surface area contributed by atoms with Crippen molar-refractivity contribution in [2.45, 2.75) is 20.3 Å². The van der Waals surface area contributed by atoms with Gasteiger partial charge in [-0.05, 0) is 30.5 Å². The van der Waals surface area contributed by atoms with Crippen LogP contribution < -0.4 is 15.2 Å². The number of para-hydroxylation sites is 2. The Kier molecular flexibility index (Phi) is 4.62. The molecule has 3 nitrogen and oxygen atoms in total. The van der Waals surface area contributed by atoms with Gasteiger partial charge in [-0.25, -0.2) is 0 Å². The molecule has 1 aromatic carbocycles. The monoisotopic (exact) mass is 223 g/mol. The normalized spacial score (nSPS) is 11.2. The number of benzene rings is 1. The summed E-state index contributed by atoms with van der Waals surface area (Å²) < 4.78 is 10.9. The molecule has 0 radical (unpaired) electrons. The predicted octanol–water partition coefficient (Wildman–Crippen LogP) is 2.45. The first-order chi connectivity index (χ1) is 7.59. The Labute approximate surface area is 97.6 Å². The Balaban J connectivity index is 2.49. The third-order valence-corrected chi connectivity index (χ3v) is 2.66. The van der Waals surface area contributed by atoms with Gasteiger partial charge in [0.25, 0.3) is 0 Å². The standard InChI is InChI=1S/C13H21NO2/c1-13(2,10-14)8-9-16-12-7-5-4-6-11(12)15-3/h4-7H,8-10,14H2,1-3H3. The second kappa shape index (κ2) is 5.75. The van der Waals surface area contributed by atoms with Crippen LogP contribution in [0.1, 0.15) is 20.3 Å². The summed E-state index contributed by atoms with van der Waals surface area (Å²) in [7, 11) is 1.64. The maximum absolute atomic E-state index is 5.69. The zero-order chi connectivity index (χ0) is 12.0. The molecule has 0 aliphatic carbocycles. The molecule has 0 aromatic heterocycles. The molecule has 0 fully saturated rings. The smallest absolute Gasteiger partial charge is 0.161 e. The van der Waals surface area contributed by atoms with Crippen LogP contribution in [0.3, 0.4) is 0 Å². The Hall–Kier alpha value is -1.22. The molecule has 0 unspecified atom stereocenters. The molecule has 90 valence electrons. The highest BCUT2D eigenvalue weighted by molar-refractivity contribution is 5.39. The van der Waals surface area contributed by atoms with Crippen LogP contribution in [-0.4, -0.2) is 20.3 Å². The van der Waals surface area contributed by atoms with Gasteiger partial charge >= 0.3 is 0 Å². The fourth-order valence-corrected chi connectivity index (χ4v) is 1.28. The van der Waals surface area contributed by atoms with Gasteiger partial charge < -0.3 is 15.2 Å². The average molecular weight is 223 g/mol. The molecule has 0 spiro atoms. The number of rotatable bonds is 6. The van der Waals surface area contributed by atoms with Gasteiger partial charge in [0, 0.05) is 0 Å². The third-order valence-electron chi connectivity index (χ3n) is 2.66. The summed E-state index contributed by atoms with van der Waals surface area (Å²) in [5.41, 5.74) is 5.79. The van der Waals surface area contributed by atoms with E-state index in [1.165, 1.54) is 0 Å². The van der Waals surface area contributed by atoms with Gasteiger partial charge in [0.05, 0.1) is 13.7 Å². The molecule has 16 heavy (non-hydrogen) atoms. The lowest BCUT2D eigenvalue weighted by molar-refractivity contribution is 0.226. The van der Waals surface area contributed by atoms with Crippen LogP contribution in [0.15, 0.2) is 24.3 Å². The van der Waals surface area contributed by atoms with E-state index < -0.39 is 0 Å². The summed E-state index contributed by atoms with van der Waals surface area (Å²) in [5, 5.41) is 0. The van der Waals surface area contributed by atoms with E-state index in [9.17, 15) is 0 Å². The van der Waals surface area contributed by atoms with Gasteiger partial charge in [-0.1, -0.05) is 26.0 Å². The number of nitrogens with two attached hydrogens (primary N) is 1. The summed E-state index contributed by atoms with van der Waals surface area (Å²) in [6.45, 7) is 5.60. The van der Waals surface area contributed by atoms with E-state index in [1.54, 1.807) is 7.11 Å². The van der Waals surface area contributed by atoms with Gasteiger partial charge in [-0.15, -0.1) is 0 Å². The Morgan fingerprint density at radius 2 is 1.81 bits per heavy atom. The SMILES string of the molecule is COc1ccccc1OCCC(C)(C)CN. The van der Waals surface area contributed by atoms with Gasteiger partial charge in [0.2, 0.25) is 0 Å². The van der Waals surface area contributed by atoms with E-state index in [4.69, 9.17) is 15.2 Å². The first kappa shape index (κ1) is 12.8. The Morgan fingerprint density at radius 3 is 2.38 bits per heavy atom. The molecule has 1 rings (SSSR count). The molecule has 0 saturated heterocycles. The molecule has 0 saturated carbocycles. The summed E-state index contributed by atoms with van der Waals surface area (Å²) in [6, 6.07) is 7.67. The van der Waals surface area contributed by atoms with Crippen molar-refractivity contribution in [3.8, 4) is 11.5 Å². The van der Waals surface area contributed by atoms with Crippen molar-refractivity contribution < 1.29 is 9.47 Å². The summed E-state index contributed by atoms with van der Waals surface area (Å²) in [6.07, 6.45) is 0.932. The second-order valence-corrected chi connectivity index (χ2v) is 4.62. The van der Waals surface area contributed by atoms with Gasteiger partial charge in [-0.2, -0.15) is 0 Å². The van der Waals surface area contributed by atoms with Crippen molar-refractivity contribution in [1.82, 2.24) is 0 Å². The first-order valence-corrected chi connectivity index (χ1v) is 5.55. The maximum atomic E-state index is 5.69.